The molecular formula is C28H29ClFN5O5. The number of rotatable bonds is 7. The standard InChI is InChI=1S/C28H29ClFN5O5/c1-16(2)31-24-10-19(9-17(3)32-24)25(36)33-34-26(37)20-11-23(30)21(12-22(20)29)28(39)14-35(15-28)27(38)40-13-18-7-5-4-6-8-18/h4-12,16,39H,13-15H2,1-3H3,(H,31,32)(H,33,36)(H,34,37). The number of nitrogens with one attached hydrogen (secondary N) is 3. The number of aromatic nitrogens is 1. The number of halogens is 2. The van der Waals surface area contributed by atoms with E-state index in [4.69, 9.17) is 16.3 Å². The van der Waals surface area contributed by atoms with Crippen molar-refractivity contribution in [1.29, 1.82) is 0 Å². The lowest BCUT2D eigenvalue weighted by atomic mass is 9.85. The van der Waals surface area contributed by atoms with Gasteiger partial charge in [0.15, 0.2) is 0 Å². The molecule has 0 radical (unpaired) electrons. The van der Waals surface area contributed by atoms with Crippen LogP contribution in [0.2, 0.25) is 5.02 Å². The van der Waals surface area contributed by atoms with Crippen LogP contribution in [0.3, 0.4) is 0 Å². The molecule has 10 nitrogen and oxygen atoms in total. The van der Waals surface area contributed by atoms with Crippen molar-refractivity contribution in [3.8, 4) is 0 Å². The van der Waals surface area contributed by atoms with Crippen LogP contribution >= 0.6 is 11.6 Å². The van der Waals surface area contributed by atoms with Crippen molar-refractivity contribution in [2.45, 2.75) is 39.0 Å². The molecule has 1 aliphatic heterocycles. The lowest BCUT2D eigenvalue weighted by molar-refractivity contribution is -0.0968. The number of hydrogen-bond acceptors (Lipinski definition) is 7. The summed E-state index contributed by atoms with van der Waals surface area (Å²) in [7, 11) is 0. The van der Waals surface area contributed by atoms with Gasteiger partial charge in [-0.2, -0.15) is 0 Å². The molecule has 0 spiro atoms. The maximum Gasteiger partial charge on any atom is 0.410 e. The molecule has 40 heavy (non-hydrogen) atoms. The van der Waals surface area contributed by atoms with E-state index in [1.165, 1.54) is 11.0 Å². The van der Waals surface area contributed by atoms with E-state index in [2.05, 4.69) is 21.2 Å². The third kappa shape index (κ3) is 6.67. The fraction of sp³-hybridized carbons (Fsp3) is 0.286. The Bertz CT molecular complexity index is 1430. The molecule has 12 heteroatoms. The van der Waals surface area contributed by atoms with Gasteiger partial charge in [0, 0.05) is 22.9 Å². The van der Waals surface area contributed by atoms with E-state index in [1.54, 1.807) is 13.0 Å². The molecule has 210 valence electrons. The number of ether oxygens (including phenoxy) is 1. The van der Waals surface area contributed by atoms with Gasteiger partial charge in [-0.05, 0) is 50.6 Å². The largest absolute Gasteiger partial charge is 0.445 e. The van der Waals surface area contributed by atoms with Gasteiger partial charge in [-0.3, -0.25) is 20.4 Å². The van der Waals surface area contributed by atoms with E-state index >= 15 is 4.39 Å². The maximum atomic E-state index is 15.0. The molecule has 1 saturated heterocycles. The van der Waals surface area contributed by atoms with Gasteiger partial charge in [-0.1, -0.05) is 41.9 Å². The highest BCUT2D eigenvalue weighted by atomic mass is 35.5. The van der Waals surface area contributed by atoms with Crippen molar-refractivity contribution in [2.24, 2.45) is 0 Å². The molecule has 3 amide bonds. The molecule has 4 N–H and O–H groups in total. The van der Waals surface area contributed by atoms with Crippen LogP contribution in [0, 0.1) is 12.7 Å². The number of aryl methyl sites for hydroxylation is 1. The third-order valence-corrected chi connectivity index (χ3v) is 6.43. The minimum atomic E-state index is -1.70. The molecule has 3 aromatic rings. The summed E-state index contributed by atoms with van der Waals surface area (Å²) in [6, 6.07) is 14.3. The van der Waals surface area contributed by atoms with Gasteiger partial charge in [-0.15, -0.1) is 0 Å². The molecule has 2 aromatic carbocycles. The topological polar surface area (TPSA) is 133 Å². The Kier molecular flexibility index (Phi) is 8.55. The molecule has 1 aromatic heterocycles. The van der Waals surface area contributed by atoms with Gasteiger partial charge in [0.05, 0.1) is 23.7 Å². The highest BCUT2D eigenvalue weighted by Crippen LogP contribution is 2.36. The monoisotopic (exact) mass is 569 g/mol. The second kappa shape index (κ2) is 11.9. The number of benzene rings is 2. The normalized spacial score (nSPS) is 13.8. The number of hydrazine groups is 1. The summed E-state index contributed by atoms with van der Waals surface area (Å²) in [6.07, 6.45) is -0.650. The molecule has 4 rings (SSSR count). The first-order valence-corrected chi connectivity index (χ1v) is 12.9. The minimum absolute atomic E-state index is 0.0614. The van der Waals surface area contributed by atoms with Crippen LogP contribution < -0.4 is 16.2 Å². The van der Waals surface area contributed by atoms with Crippen LogP contribution in [0.15, 0.2) is 54.6 Å². The van der Waals surface area contributed by atoms with Crippen LogP contribution in [0.25, 0.3) is 0 Å². The first kappa shape index (κ1) is 28.8. The zero-order valence-electron chi connectivity index (χ0n) is 22.1. The van der Waals surface area contributed by atoms with Crippen molar-refractivity contribution in [3.05, 3.63) is 93.4 Å². The van der Waals surface area contributed by atoms with Crippen molar-refractivity contribution in [1.82, 2.24) is 20.7 Å². The Morgan fingerprint density at radius 3 is 2.45 bits per heavy atom. The van der Waals surface area contributed by atoms with E-state index < -0.39 is 29.3 Å². The molecule has 0 aliphatic carbocycles. The average Bonchev–Trinajstić information content (AvgIpc) is 2.89. The van der Waals surface area contributed by atoms with Gasteiger partial charge in [0.2, 0.25) is 0 Å². The summed E-state index contributed by atoms with van der Waals surface area (Å²) >= 11 is 6.25. The molecule has 1 aliphatic rings. The predicted molar refractivity (Wildman–Crippen MR) is 146 cm³/mol. The first-order valence-electron chi connectivity index (χ1n) is 12.5. The SMILES string of the molecule is Cc1cc(C(=O)NNC(=O)c2cc(F)c(C3(O)CN(C(=O)OCc4ccccc4)C3)cc2Cl)cc(NC(C)C)n1. The number of pyridine rings is 1. The lowest BCUT2D eigenvalue weighted by Gasteiger charge is -2.45. The van der Waals surface area contributed by atoms with Crippen LogP contribution in [-0.2, 0) is 16.9 Å². The Hall–Kier alpha value is -4.22. The van der Waals surface area contributed by atoms with Crippen LogP contribution in [0.1, 0.15) is 51.4 Å². The van der Waals surface area contributed by atoms with E-state index in [1.807, 2.05) is 44.2 Å². The number of nitrogens with zero attached hydrogens (tertiary/aromatic N) is 2. The lowest BCUT2D eigenvalue weighted by Crippen LogP contribution is -2.61. The van der Waals surface area contributed by atoms with Gasteiger partial charge in [-0.25, -0.2) is 14.2 Å². The number of carbonyl (C=O) groups is 3. The second-order valence-corrected chi connectivity index (χ2v) is 10.2. The fourth-order valence-electron chi connectivity index (χ4n) is 4.20. The fourth-order valence-corrected chi connectivity index (χ4v) is 4.44. The molecule has 0 atom stereocenters. The Morgan fingerprint density at radius 2 is 1.77 bits per heavy atom. The molecule has 2 heterocycles. The van der Waals surface area contributed by atoms with Crippen LogP contribution in [0.5, 0.6) is 0 Å². The highest BCUT2D eigenvalue weighted by Gasteiger charge is 2.47. The zero-order chi connectivity index (χ0) is 29.0. The molecule has 0 saturated carbocycles. The van der Waals surface area contributed by atoms with E-state index in [0.29, 0.717) is 11.5 Å². The number of carbonyl (C=O) groups excluding carboxylic acids is 3. The summed E-state index contributed by atoms with van der Waals surface area (Å²) in [5, 5.41) is 13.9. The summed E-state index contributed by atoms with van der Waals surface area (Å²) in [5.74, 6) is -1.86. The Morgan fingerprint density at radius 1 is 1.10 bits per heavy atom. The first-order chi connectivity index (χ1) is 18.9. The van der Waals surface area contributed by atoms with Crippen LogP contribution in [0.4, 0.5) is 15.0 Å². The second-order valence-electron chi connectivity index (χ2n) is 9.83. The molecular weight excluding hydrogens is 541 g/mol. The minimum Gasteiger partial charge on any atom is -0.445 e. The van der Waals surface area contributed by atoms with Crippen LogP contribution in [-0.4, -0.2) is 52.0 Å². The molecule has 0 unspecified atom stereocenters. The van der Waals surface area contributed by atoms with Crippen molar-refractivity contribution < 1.29 is 28.6 Å². The zero-order valence-corrected chi connectivity index (χ0v) is 22.9. The number of amides is 3. The number of β-amino-alcohol motifs (C(OH)–C–C–N with tert-alkyl or cyclic N) is 1. The molecule has 0 bridgehead atoms. The maximum absolute atomic E-state index is 15.0. The number of aliphatic hydroxyl groups is 1. The Labute approximate surface area is 235 Å². The van der Waals surface area contributed by atoms with Gasteiger partial charge in [0.25, 0.3) is 11.8 Å². The smallest absolute Gasteiger partial charge is 0.410 e. The van der Waals surface area contributed by atoms with Crippen molar-refractivity contribution >= 4 is 35.3 Å². The van der Waals surface area contributed by atoms with Gasteiger partial charge in [0.1, 0.15) is 23.8 Å². The van der Waals surface area contributed by atoms with Gasteiger partial charge >= 0.3 is 6.09 Å². The van der Waals surface area contributed by atoms with E-state index in [0.717, 1.165) is 17.7 Å². The summed E-state index contributed by atoms with van der Waals surface area (Å²) < 4.78 is 20.3. The number of hydrogen-bond donors (Lipinski definition) is 4. The van der Waals surface area contributed by atoms with Crippen molar-refractivity contribution in [3.63, 3.8) is 0 Å². The number of likely N-dealkylation sites (tertiary alicyclic amines) is 1. The van der Waals surface area contributed by atoms with Gasteiger partial charge < -0.3 is 20.1 Å². The quantitative estimate of drug-likeness (QED) is 0.317. The van der Waals surface area contributed by atoms with E-state index in [9.17, 15) is 19.5 Å². The highest BCUT2D eigenvalue weighted by molar-refractivity contribution is 6.34. The third-order valence-electron chi connectivity index (χ3n) is 6.11. The predicted octanol–water partition coefficient (Wildman–Crippen LogP) is 3.92. The Balaban J connectivity index is 1.36. The average molecular weight is 570 g/mol. The number of anilines is 1. The summed E-state index contributed by atoms with van der Waals surface area (Å²) in [6.45, 7) is 5.22. The summed E-state index contributed by atoms with van der Waals surface area (Å²) in [4.78, 5) is 43.1. The molecule has 1 fully saturated rings. The van der Waals surface area contributed by atoms with E-state index in [-0.39, 0.29) is 47.5 Å². The summed E-state index contributed by atoms with van der Waals surface area (Å²) in [5.41, 5.74) is 4.03. The van der Waals surface area contributed by atoms with Crippen molar-refractivity contribution in [2.75, 3.05) is 18.4 Å².